The molecule has 19 heavy (non-hydrogen) atoms. The monoisotopic (exact) mass is 288 g/mol. The SMILES string of the molecule is CCCCC=C[Si](OC(C)C)(OC(C)C)OC(C)C. The Labute approximate surface area is 120 Å². The second-order valence-corrected chi connectivity index (χ2v) is 7.90. The van der Waals surface area contributed by atoms with Crippen molar-refractivity contribution in [1.82, 2.24) is 0 Å². The molecule has 0 aromatic rings. The number of unbranched alkanes of at least 4 members (excludes halogenated alkanes) is 2. The zero-order valence-electron chi connectivity index (χ0n) is 13.7. The van der Waals surface area contributed by atoms with Gasteiger partial charge in [0.25, 0.3) is 0 Å². The third-order valence-corrected chi connectivity index (χ3v) is 5.29. The van der Waals surface area contributed by atoms with Crippen molar-refractivity contribution < 1.29 is 13.3 Å². The van der Waals surface area contributed by atoms with Gasteiger partial charge in [-0.2, -0.15) is 0 Å². The van der Waals surface area contributed by atoms with Gasteiger partial charge in [-0.05, 0) is 53.7 Å². The van der Waals surface area contributed by atoms with Crippen molar-refractivity contribution in [3.8, 4) is 0 Å². The van der Waals surface area contributed by atoms with Gasteiger partial charge in [-0.15, -0.1) is 0 Å². The smallest absolute Gasteiger partial charge is 0.368 e. The maximum Gasteiger partial charge on any atom is 0.529 e. The minimum Gasteiger partial charge on any atom is -0.368 e. The summed E-state index contributed by atoms with van der Waals surface area (Å²) >= 11 is 0. The second kappa shape index (κ2) is 9.70. The molecule has 0 heterocycles. The fraction of sp³-hybridized carbons (Fsp3) is 0.867. The van der Waals surface area contributed by atoms with Gasteiger partial charge in [-0.3, -0.25) is 0 Å². The van der Waals surface area contributed by atoms with Gasteiger partial charge in [0, 0.05) is 18.3 Å². The molecule has 0 bridgehead atoms. The molecule has 0 fully saturated rings. The van der Waals surface area contributed by atoms with Crippen LogP contribution in [0, 0.1) is 0 Å². The first-order valence-electron chi connectivity index (χ1n) is 7.52. The fourth-order valence-electron chi connectivity index (χ4n) is 1.74. The number of rotatable bonds is 10. The van der Waals surface area contributed by atoms with Gasteiger partial charge in [0.05, 0.1) is 0 Å². The van der Waals surface area contributed by atoms with Crippen molar-refractivity contribution >= 4 is 8.80 Å². The predicted octanol–water partition coefficient (Wildman–Crippen LogP) is 4.49. The lowest BCUT2D eigenvalue weighted by atomic mass is 10.2. The van der Waals surface area contributed by atoms with E-state index in [9.17, 15) is 0 Å². The Morgan fingerprint density at radius 2 is 1.26 bits per heavy atom. The first kappa shape index (κ1) is 18.8. The summed E-state index contributed by atoms with van der Waals surface area (Å²) in [5, 5.41) is 0. The molecular formula is C15H32O3Si. The number of hydrogen-bond acceptors (Lipinski definition) is 3. The number of hydrogen-bond donors (Lipinski definition) is 0. The van der Waals surface area contributed by atoms with Crippen LogP contribution in [0.1, 0.15) is 67.7 Å². The molecule has 0 aromatic carbocycles. The molecular weight excluding hydrogens is 256 g/mol. The van der Waals surface area contributed by atoms with E-state index < -0.39 is 8.80 Å². The first-order chi connectivity index (χ1) is 8.81. The summed E-state index contributed by atoms with van der Waals surface area (Å²) in [6.07, 6.45) is 5.88. The lowest BCUT2D eigenvalue weighted by Gasteiger charge is -2.32. The van der Waals surface area contributed by atoms with Crippen LogP contribution in [-0.2, 0) is 13.3 Å². The Kier molecular flexibility index (Phi) is 9.61. The van der Waals surface area contributed by atoms with Gasteiger partial charge in [0.1, 0.15) is 0 Å². The van der Waals surface area contributed by atoms with Crippen molar-refractivity contribution in [3.63, 3.8) is 0 Å². The molecule has 0 saturated heterocycles. The zero-order chi connectivity index (χ0) is 14.9. The van der Waals surface area contributed by atoms with E-state index in [0.717, 1.165) is 6.42 Å². The normalized spacial score (nSPS) is 13.4. The van der Waals surface area contributed by atoms with Crippen LogP contribution in [0.4, 0.5) is 0 Å². The Balaban J connectivity index is 4.93. The molecule has 0 radical (unpaired) electrons. The lowest BCUT2D eigenvalue weighted by molar-refractivity contribution is 0.0139. The summed E-state index contributed by atoms with van der Waals surface area (Å²) in [5.41, 5.74) is 2.06. The molecule has 0 aliphatic heterocycles. The molecule has 0 rings (SSSR count). The number of allylic oxidation sites excluding steroid dienone is 1. The summed E-state index contributed by atoms with van der Waals surface area (Å²) < 4.78 is 18.1. The highest BCUT2D eigenvalue weighted by Crippen LogP contribution is 2.19. The van der Waals surface area contributed by atoms with Crippen molar-refractivity contribution in [2.75, 3.05) is 0 Å². The van der Waals surface area contributed by atoms with Crippen LogP contribution >= 0.6 is 0 Å². The third kappa shape index (κ3) is 9.38. The molecule has 0 amide bonds. The molecule has 3 nitrogen and oxygen atoms in total. The van der Waals surface area contributed by atoms with Gasteiger partial charge < -0.3 is 13.3 Å². The minimum absolute atomic E-state index is 0.0972. The van der Waals surface area contributed by atoms with E-state index in [1.807, 2.05) is 41.5 Å². The van der Waals surface area contributed by atoms with Crippen LogP contribution in [0.15, 0.2) is 11.8 Å². The molecule has 0 spiro atoms. The van der Waals surface area contributed by atoms with Gasteiger partial charge in [-0.25, -0.2) is 0 Å². The van der Waals surface area contributed by atoms with Crippen molar-refractivity contribution in [2.24, 2.45) is 0 Å². The van der Waals surface area contributed by atoms with Crippen LogP contribution in [0.5, 0.6) is 0 Å². The second-order valence-electron chi connectivity index (χ2n) is 5.65. The highest BCUT2D eigenvalue weighted by molar-refractivity contribution is 6.66. The summed E-state index contributed by atoms with van der Waals surface area (Å²) in [7, 11) is -2.72. The maximum absolute atomic E-state index is 6.05. The topological polar surface area (TPSA) is 27.7 Å². The standard InChI is InChI=1S/C15H32O3Si/c1-8-9-10-11-12-19(16-13(2)3,17-14(4)5)18-15(6)7/h11-15H,8-10H2,1-7H3. The first-order valence-corrected chi connectivity index (χ1v) is 9.32. The van der Waals surface area contributed by atoms with Crippen LogP contribution in [0.25, 0.3) is 0 Å². The van der Waals surface area contributed by atoms with E-state index in [2.05, 4.69) is 18.7 Å². The highest BCUT2D eigenvalue weighted by atomic mass is 28.4. The van der Waals surface area contributed by atoms with Crippen molar-refractivity contribution in [3.05, 3.63) is 11.8 Å². The predicted molar refractivity (Wildman–Crippen MR) is 83.1 cm³/mol. The average Bonchev–Trinajstić information content (AvgIpc) is 2.21. The summed E-state index contributed by atoms with van der Waals surface area (Å²) in [5.74, 6) is 0. The Bertz CT molecular complexity index is 223. The molecule has 0 atom stereocenters. The van der Waals surface area contributed by atoms with Gasteiger partial charge in [0.15, 0.2) is 0 Å². The third-order valence-electron chi connectivity index (χ3n) is 2.25. The molecule has 0 unspecified atom stereocenters. The van der Waals surface area contributed by atoms with E-state index in [4.69, 9.17) is 13.3 Å². The largest absolute Gasteiger partial charge is 0.529 e. The average molecular weight is 289 g/mol. The quantitative estimate of drug-likeness (QED) is 0.438. The molecule has 114 valence electrons. The Morgan fingerprint density at radius 3 is 1.58 bits per heavy atom. The van der Waals surface area contributed by atoms with Crippen LogP contribution in [0.3, 0.4) is 0 Å². The Hall–Kier alpha value is -0.163. The van der Waals surface area contributed by atoms with E-state index in [-0.39, 0.29) is 18.3 Å². The zero-order valence-corrected chi connectivity index (χ0v) is 14.7. The fourth-order valence-corrected chi connectivity index (χ4v) is 4.57. The molecule has 0 N–H and O–H groups in total. The molecule has 0 aromatic heterocycles. The van der Waals surface area contributed by atoms with Crippen LogP contribution < -0.4 is 0 Å². The van der Waals surface area contributed by atoms with Crippen molar-refractivity contribution in [1.29, 1.82) is 0 Å². The summed E-state index contributed by atoms with van der Waals surface area (Å²) in [6.45, 7) is 14.3. The maximum atomic E-state index is 6.05. The minimum atomic E-state index is -2.72. The molecule has 0 saturated carbocycles. The molecule has 4 heteroatoms. The molecule has 0 aliphatic carbocycles. The van der Waals surface area contributed by atoms with E-state index >= 15 is 0 Å². The lowest BCUT2D eigenvalue weighted by Crippen LogP contribution is -2.49. The summed E-state index contributed by atoms with van der Waals surface area (Å²) in [4.78, 5) is 0. The summed E-state index contributed by atoms with van der Waals surface area (Å²) in [6, 6.07) is 0. The van der Waals surface area contributed by atoms with Gasteiger partial charge in [-0.1, -0.05) is 25.8 Å². The van der Waals surface area contributed by atoms with E-state index in [0.29, 0.717) is 0 Å². The van der Waals surface area contributed by atoms with Crippen LogP contribution in [-0.4, -0.2) is 27.1 Å². The van der Waals surface area contributed by atoms with Crippen molar-refractivity contribution in [2.45, 2.75) is 86.0 Å². The van der Waals surface area contributed by atoms with Crippen LogP contribution in [0.2, 0.25) is 0 Å². The van der Waals surface area contributed by atoms with Gasteiger partial charge >= 0.3 is 8.80 Å². The molecule has 0 aliphatic rings. The highest BCUT2D eigenvalue weighted by Gasteiger charge is 2.41. The Morgan fingerprint density at radius 1 is 0.842 bits per heavy atom. The van der Waals surface area contributed by atoms with Gasteiger partial charge in [0.2, 0.25) is 0 Å². The van der Waals surface area contributed by atoms with E-state index in [1.165, 1.54) is 12.8 Å². The van der Waals surface area contributed by atoms with E-state index in [1.54, 1.807) is 0 Å².